The van der Waals surface area contributed by atoms with Crippen LogP contribution in [0.4, 0.5) is 5.69 Å². The second-order valence-corrected chi connectivity index (χ2v) is 15.0. The standard InChI is InChI=1S/C39H51N3O7S/c1-5-47-30(3)26-46-27-31-9-12-33(13-10-31)36-24-34(17-18-40)42(50(43,44)35-14-7-29(2)8-15-35)25-39(36)49-28-32-11-16-38-37(23-32)41(20-22-48-38)19-6-21-45-4/h7-16,23,30,34,36,39H,5-6,17,19-22,24-28H2,1-4H3/t30?,34-,36-,39+/m1/s1. The van der Waals surface area contributed by atoms with E-state index in [-0.39, 0.29) is 29.9 Å². The minimum atomic E-state index is -3.89. The van der Waals surface area contributed by atoms with Crippen LogP contribution in [-0.2, 0) is 42.2 Å². The van der Waals surface area contributed by atoms with Gasteiger partial charge in [-0.3, -0.25) is 0 Å². The van der Waals surface area contributed by atoms with Crippen molar-refractivity contribution in [2.75, 3.05) is 58.1 Å². The minimum absolute atomic E-state index is 0.0250. The number of hydrogen-bond donors (Lipinski definition) is 0. The van der Waals surface area contributed by atoms with Crippen LogP contribution in [0.15, 0.2) is 71.6 Å². The third kappa shape index (κ3) is 9.63. The van der Waals surface area contributed by atoms with Crippen molar-refractivity contribution in [1.29, 1.82) is 5.26 Å². The first kappa shape index (κ1) is 37.7. The van der Waals surface area contributed by atoms with Crippen molar-refractivity contribution in [3.05, 3.63) is 89.0 Å². The number of nitrogens with zero attached hydrogens (tertiary/aromatic N) is 3. The molecule has 0 saturated carbocycles. The van der Waals surface area contributed by atoms with Crippen molar-refractivity contribution in [3.63, 3.8) is 0 Å². The predicted molar refractivity (Wildman–Crippen MR) is 193 cm³/mol. The summed E-state index contributed by atoms with van der Waals surface area (Å²) in [6.07, 6.45) is 1.02. The lowest BCUT2D eigenvalue weighted by atomic mass is 9.83. The summed E-state index contributed by atoms with van der Waals surface area (Å²) in [4.78, 5) is 2.53. The van der Waals surface area contributed by atoms with Gasteiger partial charge < -0.3 is 28.6 Å². The molecule has 2 aliphatic heterocycles. The summed E-state index contributed by atoms with van der Waals surface area (Å²) in [6, 6.07) is 23.0. The van der Waals surface area contributed by atoms with E-state index >= 15 is 0 Å². The molecule has 1 fully saturated rings. The van der Waals surface area contributed by atoms with E-state index < -0.39 is 22.2 Å². The van der Waals surface area contributed by atoms with Crippen LogP contribution >= 0.6 is 0 Å². The van der Waals surface area contributed by atoms with E-state index in [1.165, 1.54) is 4.31 Å². The first-order valence-corrected chi connectivity index (χ1v) is 19.0. The Morgan fingerprint density at radius 3 is 2.52 bits per heavy atom. The van der Waals surface area contributed by atoms with E-state index in [1.54, 1.807) is 31.4 Å². The summed E-state index contributed by atoms with van der Waals surface area (Å²) in [6.45, 7) is 10.9. The molecule has 3 aromatic carbocycles. The molecule has 4 atom stereocenters. The number of ether oxygens (including phenoxy) is 5. The molecule has 3 aromatic rings. The van der Waals surface area contributed by atoms with E-state index in [2.05, 4.69) is 29.2 Å². The third-order valence-corrected chi connectivity index (χ3v) is 11.3. The summed E-state index contributed by atoms with van der Waals surface area (Å²) in [5, 5.41) is 9.81. The van der Waals surface area contributed by atoms with E-state index in [0.717, 1.165) is 53.2 Å². The Labute approximate surface area is 297 Å². The van der Waals surface area contributed by atoms with E-state index in [1.807, 2.05) is 45.0 Å². The van der Waals surface area contributed by atoms with Crippen molar-refractivity contribution >= 4 is 15.7 Å². The average Bonchev–Trinajstić information content (AvgIpc) is 3.12. The number of anilines is 1. The van der Waals surface area contributed by atoms with Gasteiger partial charge in [-0.2, -0.15) is 9.57 Å². The van der Waals surface area contributed by atoms with Crippen LogP contribution in [0.3, 0.4) is 0 Å². The van der Waals surface area contributed by atoms with Crippen LogP contribution in [-0.4, -0.2) is 84.1 Å². The Hall–Kier alpha value is -3.50. The van der Waals surface area contributed by atoms with Crippen LogP contribution in [0.5, 0.6) is 5.75 Å². The maximum absolute atomic E-state index is 14.1. The zero-order chi connectivity index (χ0) is 35.5. The fraction of sp³-hybridized carbons (Fsp3) is 0.513. The average molecular weight is 706 g/mol. The van der Waals surface area contributed by atoms with Gasteiger partial charge in [0.1, 0.15) is 12.4 Å². The molecule has 0 bridgehead atoms. The second kappa shape index (κ2) is 18.1. The lowest BCUT2D eigenvalue weighted by Gasteiger charge is -2.42. The lowest BCUT2D eigenvalue weighted by Crippen LogP contribution is -2.52. The molecule has 0 aliphatic carbocycles. The van der Waals surface area contributed by atoms with Crippen molar-refractivity contribution in [3.8, 4) is 11.8 Å². The summed E-state index contributed by atoms with van der Waals surface area (Å²) < 4.78 is 59.1. The molecule has 10 nitrogen and oxygen atoms in total. The maximum atomic E-state index is 14.1. The molecule has 5 rings (SSSR count). The zero-order valence-corrected chi connectivity index (χ0v) is 30.6. The maximum Gasteiger partial charge on any atom is 0.243 e. The molecular formula is C39H51N3O7S. The lowest BCUT2D eigenvalue weighted by molar-refractivity contribution is -0.0192. The van der Waals surface area contributed by atoms with E-state index in [0.29, 0.717) is 46.1 Å². The molecule has 1 unspecified atom stereocenters. The van der Waals surface area contributed by atoms with Gasteiger partial charge in [-0.05, 0) is 74.6 Å². The number of rotatable bonds is 17. The minimum Gasteiger partial charge on any atom is -0.490 e. The Morgan fingerprint density at radius 1 is 1.04 bits per heavy atom. The normalized spacial score (nSPS) is 20.1. The van der Waals surface area contributed by atoms with E-state index in [9.17, 15) is 13.7 Å². The summed E-state index contributed by atoms with van der Waals surface area (Å²) in [5.41, 5.74) is 5.06. The van der Waals surface area contributed by atoms with Gasteiger partial charge in [-0.25, -0.2) is 8.42 Å². The van der Waals surface area contributed by atoms with Crippen LogP contribution in [0.1, 0.15) is 61.3 Å². The van der Waals surface area contributed by atoms with Crippen molar-refractivity contribution < 1.29 is 32.1 Å². The Kier molecular flexibility index (Phi) is 13.7. The largest absolute Gasteiger partial charge is 0.490 e. The highest BCUT2D eigenvalue weighted by Gasteiger charge is 2.43. The van der Waals surface area contributed by atoms with Gasteiger partial charge in [-0.1, -0.05) is 48.0 Å². The molecule has 2 aliphatic rings. The van der Waals surface area contributed by atoms with Crippen LogP contribution < -0.4 is 9.64 Å². The predicted octanol–water partition coefficient (Wildman–Crippen LogP) is 6.22. The van der Waals surface area contributed by atoms with Crippen LogP contribution in [0, 0.1) is 18.3 Å². The Bertz CT molecular complexity index is 1660. The van der Waals surface area contributed by atoms with Gasteiger partial charge in [0.2, 0.25) is 10.0 Å². The first-order chi connectivity index (χ1) is 24.2. The Morgan fingerprint density at radius 2 is 1.80 bits per heavy atom. The molecule has 1 saturated heterocycles. The smallest absolute Gasteiger partial charge is 0.243 e. The molecule has 2 heterocycles. The first-order valence-electron chi connectivity index (χ1n) is 17.6. The van der Waals surface area contributed by atoms with Gasteiger partial charge >= 0.3 is 0 Å². The number of hydrogen-bond acceptors (Lipinski definition) is 9. The van der Waals surface area contributed by atoms with Crippen molar-refractivity contribution in [2.24, 2.45) is 0 Å². The molecule has 0 amide bonds. The highest BCUT2D eigenvalue weighted by atomic mass is 32.2. The van der Waals surface area contributed by atoms with Crippen molar-refractivity contribution in [2.45, 2.75) is 82.3 Å². The summed E-state index contributed by atoms with van der Waals surface area (Å²) in [7, 11) is -2.17. The quantitative estimate of drug-likeness (QED) is 0.151. The van der Waals surface area contributed by atoms with E-state index in [4.69, 9.17) is 23.7 Å². The van der Waals surface area contributed by atoms with Gasteiger partial charge in [0, 0.05) is 45.4 Å². The summed E-state index contributed by atoms with van der Waals surface area (Å²) in [5.74, 6) is 0.719. The number of methoxy groups -OCH3 is 1. The number of benzene rings is 3. The molecule has 50 heavy (non-hydrogen) atoms. The molecule has 0 spiro atoms. The molecule has 11 heteroatoms. The highest BCUT2D eigenvalue weighted by Crippen LogP contribution is 2.39. The molecule has 270 valence electrons. The van der Waals surface area contributed by atoms with Gasteiger partial charge in [0.25, 0.3) is 0 Å². The van der Waals surface area contributed by atoms with Gasteiger partial charge in [0.15, 0.2) is 0 Å². The highest BCUT2D eigenvalue weighted by molar-refractivity contribution is 7.89. The van der Waals surface area contributed by atoms with Crippen LogP contribution in [0.25, 0.3) is 0 Å². The molecule has 0 radical (unpaired) electrons. The monoisotopic (exact) mass is 705 g/mol. The number of fused-ring (bicyclic) bond motifs is 1. The van der Waals surface area contributed by atoms with Gasteiger partial charge in [-0.15, -0.1) is 0 Å². The fourth-order valence-electron chi connectivity index (χ4n) is 6.75. The molecular weight excluding hydrogens is 655 g/mol. The topological polar surface area (TPSA) is 111 Å². The second-order valence-electron chi connectivity index (χ2n) is 13.1. The van der Waals surface area contributed by atoms with Crippen molar-refractivity contribution in [1.82, 2.24) is 4.31 Å². The van der Waals surface area contributed by atoms with Crippen LogP contribution in [0.2, 0.25) is 0 Å². The SMILES string of the molecule is CCOC(C)COCc1ccc([C@H]2C[C@@H](CC#N)N(S(=O)(=O)c3ccc(C)cc3)C[C@@H]2OCc2ccc3c(c2)N(CCCOC)CCO3)cc1. The molecule has 0 N–H and O–H groups in total. The number of nitriles is 1. The molecule has 0 aromatic heterocycles. The summed E-state index contributed by atoms with van der Waals surface area (Å²) >= 11 is 0. The Balaban J connectivity index is 1.39. The zero-order valence-electron chi connectivity index (χ0n) is 29.8. The van der Waals surface area contributed by atoms with Gasteiger partial charge in [0.05, 0.1) is 61.6 Å². The third-order valence-electron chi connectivity index (χ3n) is 9.40. The number of aryl methyl sites for hydroxylation is 1. The fourth-order valence-corrected chi connectivity index (χ4v) is 8.39. The number of piperidine rings is 1. The number of sulfonamides is 1.